The van der Waals surface area contributed by atoms with Gasteiger partial charge in [-0.3, -0.25) is 4.79 Å². The molecular formula is C19H24N2O3S2. The third-order valence-corrected chi connectivity index (χ3v) is 6.27. The van der Waals surface area contributed by atoms with E-state index in [0.29, 0.717) is 12.1 Å². The van der Waals surface area contributed by atoms with Gasteiger partial charge in [0.25, 0.3) is 0 Å². The molecule has 0 heterocycles. The van der Waals surface area contributed by atoms with Gasteiger partial charge in [-0.15, -0.1) is 11.8 Å². The quantitative estimate of drug-likeness (QED) is 0.677. The molecular weight excluding hydrogens is 368 g/mol. The Kier molecular flexibility index (Phi) is 7.25. The van der Waals surface area contributed by atoms with E-state index >= 15 is 0 Å². The van der Waals surface area contributed by atoms with Crippen LogP contribution in [0.5, 0.6) is 0 Å². The predicted molar refractivity (Wildman–Crippen MR) is 106 cm³/mol. The summed E-state index contributed by atoms with van der Waals surface area (Å²) in [4.78, 5) is 13.4. The third-order valence-electron chi connectivity index (χ3n) is 3.93. The second-order valence-corrected chi connectivity index (χ2v) is 8.66. The highest BCUT2D eigenvalue weighted by Gasteiger charge is 2.16. The topological polar surface area (TPSA) is 75.3 Å². The molecule has 26 heavy (non-hydrogen) atoms. The van der Waals surface area contributed by atoms with Gasteiger partial charge in [0.15, 0.2) is 0 Å². The molecule has 2 aromatic carbocycles. The first kappa shape index (κ1) is 20.5. The summed E-state index contributed by atoms with van der Waals surface area (Å²) in [5.41, 5.74) is 2.56. The maximum atomic E-state index is 12.4. The maximum Gasteiger partial charge on any atom is 0.240 e. The Bertz CT molecular complexity index is 863. The molecule has 0 aliphatic rings. The lowest BCUT2D eigenvalue weighted by Gasteiger charge is -2.10. The summed E-state index contributed by atoms with van der Waals surface area (Å²) in [6, 6.07) is 13.2. The first-order valence-corrected chi connectivity index (χ1v) is 11.0. The first-order chi connectivity index (χ1) is 12.3. The van der Waals surface area contributed by atoms with Crippen LogP contribution in [0.4, 0.5) is 0 Å². The Hall–Kier alpha value is -1.83. The molecule has 2 N–H and O–H groups in total. The molecule has 0 aliphatic heterocycles. The number of rotatable bonds is 8. The van der Waals surface area contributed by atoms with Crippen molar-refractivity contribution < 1.29 is 13.2 Å². The van der Waals surface area contributed by atoms with Crippen molar-refractivity contribution in [2.45, 2.75) is 36.6 Å². The van der Waals surface area contributed by atoms with E-state index in [4.69, 9.17) is 0 Å². The second-order valence-electron chi connectivity index (χ2n) is 6.04. The fourth-order valence-corrected chi connectivity index (χ4v) is 4.17. The summed E-state index contributed by atoms with van der Waals surface area (Å²) in [7, 11) is -3.62. The summed E-state index contributed by atoms with van der Waals surface area (Å²) < 4.78 is 27.3. The van der Waals surface area contributed by atoms with E-state index < -0.39 is 10.0 Å². The van der Waals surface area contributed by atoms with Crippen molar-refractivity contribution in [2.75, 3.05) is 12.8 Å². The molecule has 2 rings (SSSR count). The van der Waals surface area contributed by atoms with Crippen molar-refractivity contribution in [2.24, 2.45) is 0 Å². The number of thioether (sulfide) groups is 1. The molecule has 0 aromatic heterocycles. The number of carbonyl (C=O) groups is 1. The third kappa shape index (κ3) is 5.86. The Morgan fingerprint density at radius 2 is 1.77 bits per heavy atom. The Labute approximate surface area is 159 Å². The zero-order valence-corrected chi connectivity index (χ0v) is 16.8. The highest BCUT2D eigenvalue weighted by Crippen LogP contribution is 2.16. The maximum absolute atomic E-state index is 12.4. The Morgan fingerprint density at radius 3 is 2.42 bits per heavy atom. The Morgan fingerprint density at radius 1 is 1.08 bits per heavy atom. The van der Waals surface area contributed by atoms with Gasteiger partial charge in [0.05, 0.1) is 4.90 Å². The van der Waals surface area contributed by atoms with Crippen LogP contribution in [0.2, 0.25) is 0 Å². The minimum absolute atomic E-state index is 0.0625. The number of hydrogen-bond acceptors (Lipinski definition) is 4. The van der Waals surface area contributed by atoms with Crippen molar-refractivity contribution in [3.63, 3.8) is 0 Å². The highest BCUT2D eigenvalue weighted by atomic mass is 32.2. The van der Waals surface area contributed by atoms with Gasteiger partial charge in [0.2, 0.25) is 15.9 Å². The molecule has 2 aromatic rings. The summed E-state index contributed by atoms with van der Waals surface area (Å²) in [5.74, 6) is -0.192. The van der Waals surface area contributed by atoms with Gasteiger partial charge in [-0.05, 0) is 55.0 Å². The number of nitrogens with one attached hydrogen (secondary N) is 2. The van der Waals surface area contributed by atoms with E-state index in [-0.39, 0.29) is 23.8 Å². The average Bonchev–Trinajstić information content (AvgIpc) is 2.62. The molecule has 0 atom stereocenters. The van der Waals surface area contributed by atoms with Crippen LogP contribution in [-0.4, -0.2) is 27.1 Å². The van der Waals surface area contributed by atoms with E-state index in [2.05, 4.69) is 10.0 Å². The number of hydrogen-bond donors (Lipinski definition) is 2. The normalized spacial score (nSPS) is 11.3. The van der Waals surface area contributed by atoms with E-state index in [9.17, 15) is 13.2 Å². The summed E-state index contributed by atoms with van der Waals surface area (Å²) in [6.45, 7) is 4.09. The molecule has 0 saturated heterocycles. The van der Waals surface area contributed by atoms with E-state index in [1.807, 2.05) is 43.5 Å². The number of sulfonamides is 1. The fourth-order valence-electron chi connectivity index (χ4n) is 2.41. The van der Waals surface area contributed by atoms with Crippen LogP contribution in [0.25, 0.3) is 0 Å². The first-order valence-electron chi connectivity index (χ1n) is 8.28. The zero-order valence-electron chi connectivity index (χ0n) is 15.2. The minimum Gasteiger partial charge on any atom is -0.352 e. The smallest absolute Gasteiger partial charge is 0.240 e. The van der Waals surface area contributed by atoms with Gasteiger partial charge in [-0.25, -0.2) is 13.1 Å². The minimum atomic E-state index is -3.62. The molecule has 7 heteroatoms. The van der Waals surface area contributed by atoms with E-state index in [1.54, 1.807) is 30.8 Å². The molecule has 5 nitrogen and oxygen atoms in total. The molecule has 1 amide bonds. The van der Waals surface area contributed by atoms with Crippen LogP contribution in [-0.2, 0) is 21.4 Å². The van der Waals surface area contributed by atoms with Crippen LogP contribution in [0.1, 0.15) is 23.1 Å². The molecule has 0 spiro atoms. The van der Waals surface area contributed by atoms with Gasteiger partial charge < -0.3 is 5.32 Å². The van der Waals surface area contributed by atoms with Crippen molar-refractivity contribution in [3.8, 4) is 0 Å². The predicted octanol–water partition coefficient (Wildman–Crippen LogP) is 3.01. The second kappa shape index (κ2) is 9.21. The lowest BCUT2D eigenvalue weighted by atomic mass is 10.2. The van der Waals surface area contributed by atoms with E-state index in [0.717, 1.165) is 11.1 Å². The summed E-state index contributed by atoms with van der Waals surface area (Å²) >= 11 is 1.66. The van der Waals surface area contributed by atoms with Crippen LogP contribution in [0.3, 0.4) is 0 Å². The number of carbonyl (C=O) groups excluding carboxylic acids is 1. The van der Waals surface area contributed by atoms with Crippen LogP contribution in [0, 0.1) is 13.8 Å². The Balaban J connectivity index is 1.82. The van der Waals surface area contributed by atoms with Gasteiger partial charge in [-0.1, -0.05) is 24.3 Å². The zero-order chi connectivity index (χ0) is 19.2. The van der Waals surface area contributed by atoms with Gasteiger partial charge in [-0.2, -0.15) is 0 Å². The molecule has 0 aliphatic carbocycles. The van der Waals surface area contributed by atoms with Crippen LogP contribution in [0.15, 0.2) is 52.3 Å². The van der Waals surface area contributed by atoms with E-state index in [1.165, 1.54) is 4.90 Å². The molecule has 0 saturated carbocycles. The summed E-state index contributed by atoms with van der Waals surface area (Å²) in [5, 5.41) is 2.80. The standard InChI is InChI=1S/C19H24N2O3S2/c1-14-4-5-15(2)18(12-14)26(23,24)21-11-10-19(22)20-13-16-6-8-17(25-3)9-7-16/h4-9,12,21H,10-11,13H2,1-3H3,(H,20,22). The number of aryl methyl sites for hydroxylation is 2. The molecule has 0 bridgehead atoms. The number of amides is 1. The fraction of sp³-hybridized carbons (Fsp3) is 0.316. The average molecular weight is 393 g/mol. The van der Waals surface area contributed by atoms with Crippen LogP contribution < -0.4 is 10.0 Å². The van der Waals surface area contributed by atoms with Crippen LogP contribution >= 0.6 is 11.8 Å². The molecule has 0 radical (unpaired) electrons. The lowest BCUT2D eigenvalue weighted by molar-refractivity contribution is -0.121. The van der Waals surface area contributed by atoms with Crippen molar-refractivity contribution in [1.82, 2.24) is 10.0 Å². The van der Waals surface area contributed by atoms with Gasteiger partial charge in [0, 0.05) is 24.4 Å². The van der Waals surface area contributed by atoms with Crippen molar-refractivity contribution in [1.29, 1.82) is 0 Å². The summed E-state index contributed by atoms with van der Waals surface area (Å²) in [6.07, 6.45) is 2.10. The monoisotopic (exact) mass is 392 g/mol. The van der Waals surface area contributed by atoms with Gasteiger partial charge >= 0.3 is 0 Å². The largest absolute Gasteiger partial charge is 0.352 e. The molecule has 140 valence electrons. The van der Waals surface area contributed by atoms with Gasteiger partial charge in [0.1, 0.15) is 0 Å². The highest BCUT2D eigenvalue weighted by molar-refractivity contribution is 7.98. The molecule has 0 fully saturated rings. The molecule has 0 unspecified atom stereocenters. The lowest BCUT2D eigenvalue weighted by Crippen LogP contribution is -2.31. The van der Waals surface area contributed by atoms with Crippen molar-refractivity contribution in [3.05, 3.63) is 59.2 Å². The number of benzene rings is 2. The van der Waals surface area contributed by atoms with Crippen molar-refractivity contribution >= 4 is 27.7 Å². The SMILES string of the molecule is CSc1ccc(CNC(=O)CCNS(=O)(=O)c2cc(C)ccc2C)cc1.